The first-order valence-electron chi connectivity index (χ1n) is 13.3. The van der Waals surface area contributed by atoms with Crippen molar-refractivity contribution in [3.8, 4) is 22.9 Å². The molecule has 1 aliphatic heterocycles. The summed E-state index contributed by atoms with van der Waals surface area (Å²) < 4.78 is 51.9. The molecule has 0 aliphatic carbocycles. The summed E-state index contributed by atoms with van der Waals surface area (Å²) in [6.45, 7) is 0.599. The average Bonchev–Trinajstić information content (AvgIpc) is 3.61. The number of aromatic amines is 2. The second kappa shape index (κ2) is 11.2. The molecule has 216 valence electrons. The van der Waals surface area contributed by atoms with Crippen LogP contribution in [0.2, 0.25) is 0 Å². The van der Waals surface area contributed by atoms with Crippen molar-refractivity contribution in [2.45, 2.75) is 30.2 Å². The summed E-state index contributed by atoms with van der Waals surface area (Å²) in [7, 11) is 1.86. The van der Waals surface area contributed by atoms with Gasteiger partial charge in [-0.2, -0.15) is 0 Å². The normalized spacial score (nSPS) is 15.2. The number of imidazole rings is 1. The number of aryl methyl sites for hydroxylation is 1. The summed E-state index contributed by atoms with van der Waals surface area (Å²) in [6.07, 6.45) is 4.03. The van der Waals surface area contributed by atoms with Crippen LogP contribution in [0.4, 0.5) is 13.2 Å². The Bertz CT molecular complexity index is 1820. The van der Waals surface area contributed by atoms with Gasteiger partial charge in [-0.3, -0.25) is 9.69 Å². The Morgan fingerprint density at radius 2 is 2.00 bits per heavy atom. The van der Waals surface area contributed by atoms with E-state index >= 15 is 13.2 Å². The highest BCUT2D eigenvalue weighted by Crippen LogP contribution is 2.41. The molecular formula is C31H27F3N4O3S. The quantitative estimate of drug-likeness (QED) is 0.167. The number of thioether (sulfide) groups is 1. The van der Waals surface area contributed by atoms with Crippen molar-refractivity contribution >= 4 is 28.6 Å². The number of benzene rings is 3. The van der Waals surface area contributed by atoms with Crippen LogP contribution in [0.25, 0.3) is 22.3 Å². The van der Waals surface area contributed by atoms with Crippen LogP contribution < -0.4 is 4.74 Å². The molecule has 0 spiro atoms. The van der Waals surface area contributed by atoms with Crippen molar-refractivity contribution < 1.29 is 27.8 Å². The number of aliphatic carboxylic acids is 1. The van der Waals surface area contributed by atoms with Crippen LogP contribution in [0.1, 0.15) is 35.0 Å². The first kappa shape index (κ1) is 27.9. The molecule has 0 saturated carbocycles. The SMILES string of the molecule is CSc1c(Oc2ccc(F)c(-c3nc4c([nH]3)CCN(C)C4c3cccc(CCC(=O)O)c3F)c2)c(F)cc2[nH]ccc12. The largest absolute Gasteiger partial charge is 0.481 e. The zero-order valence-corrected chi connectivity index (χ0v) is 23.6. The highest BCUT2D eigenvalue weighted by atomic mass is 32.2. The van der Waals surface area contributed by atoms with Crippen LogP contribution in [0, 0.1) is 17.5 Å². The minimum absolute atomic E-state index is 0.0471. The molecule has 3 aromatic carbocycles. The van der Waals surface area contributed by atoms with Crippen molar-refractivity contribution in [1.29, 1.82) is 0 Å². The van der Waals surface area contributed by atoms with Crippen molar-refractivity contribution in [3.05, 3.63) is 94.7 Å². The lowest BCUT2D eigenvalue weighted by molar-refractivity contribution is -0.136. The van der Waals surface area contributed by atoms with Gasteiger partial charge in [0.25, 0.3) is 0 Å². The number of rotatable bonds is 8. The molecule has 11 heteroatoms. The number of carbonyl (C=O) groups is 1. The molecule has 5 aromatic rings. The van der Waals surface area contributed by atoms with Gasteiger partial charge >= 0.3 is 5.97 Å². The Balaban J connectivity index is 1.37. The fraction of sp³-hybridized carbons (Fsp3) is 0.226. The molecule has 0 radical (unpaired) electrons. The highest BCUT2D eigenvalue weighted by Gasteiger charge is 2.33. The third kappa shape index (κ3) is 5.03. The molecule has 42 heavy (non-hydrogen) atoms. The Kier molecular flexibility index (Phi) is 7.46. The number of nitrogens with zero attached hydrogens (tertiary/aromatic N) is 2. The second-order valence-corrected chi connectivity index (χ2v) is 11.0. The van der Waals surface area contributed by atoms with Gasteiger partial charge in [-0.05, 0) is 49.6 Å². The molecule has 3 N–H and O–H groups in total. The van der Waals surface area contributed by atoms with Gasteiger partial charge in [0.1, 0.15) is 23.2 Å². The first-order valence-corrected chi connectivity index (χ1v) is 14.6. The van der Waals surface area contributed by atoms with Crippen LogP contribution in [0.15, 0.2) is 59.6 Å². The van der Waals surface area contributed by atoms with Crippen LogP contribution in [0.3, 0.4) is 0 Å². The maximum atomic E-state index is 15.6. The van der Waals surface area contributed by atoms with Crippen LogP contribution in [-0.2, 0) is 17.6 Å². The van der Waals surface area contributed by atoms with Gasteiger partial charge in [0.05, 0.1) is 22.2 Å². The van der Waals surface area contributed by atoms with E-state index in [1.807, 2.05) is 24.3 Å². The fourth-order valence-electron chi connectivity index (χ4n) is 5.51. The number of likely N-dealkylation sites (N-methyl/N-ethyl adjacent to an activating group) is 1. The van der Waals surface area contributed by atoms with Gasteiger partial charge in [-0.15, -0.1) is 11.8 Å². The number of H-pyrrole nitrogens is 2. The summed E-state index contributed by atoms with van der Waals surface area (Å²) in [4.78, 5) is 24.6. The Morgan fingerprint density at radius 1 is 1.17 bits per heavy atom. The van der Waals surface area contributed by atoms with Crippen LogP contribution >= 0.6 is 11.8 Å². The molecule has 6 rings (SSSR count). The standard InChI is InChI=1S/C31H27F3N4O3S/c1-38-13-11-23-27(28(38)19-5-3-4-16(26(19)34)6-9-25(39)40)37-31(36-23)20-14-17(7-8-21(20)32)41-29-22(33)15-24-18(10-12-35-24)30(29)42-2/h3-5,7-8,10,12,14-15,28,35H,6,9,11,13H2,1-2H3,(H,36,37)(H,39,40). The van der Waals surface area contributed by atoms with Gasteiger partial charge in [0, 0.05) is 53.8 Å². The Labute approximate surface area is 243 Å². The summed E-state index contributed by atoms with van der Waals surface area (Å²) in [5.74, 6) is -2.04. The van der Waals surface area contributed by atoms with E-state index in [1.54, 1.807) is 24.4 Å². The van der Waals surface area contributed by atoms with E-state index in [0.29, 0.717) is 40.2 Å². The molecule has 0 amide bonds. The lowest BCUT2D eigenvalue weighted by Gasteiger charge is -2.32. The van der Waals surface area contributed by atoms with Gasteiger partial charge < -0.3 is 19.8 Å². The lowest BCUT2D eigenvalue weighted by atomic mass is 9.93. The summed E-state index contributed by atoms with van der Waals surface area (Å²) >= 11 is 1.35. The average molecular weight is 593 g/mol. The van der Waals surface area contributed by atoms with E-state index in [1.165, 1.54) is 36.0 Å². The number of fused-ring (bicyclic) bond motifs is 2. The molecule has 7 nitrogen and oxygen atoms in total. The maximum Gasteiger partial charge on any atom is 0.303 e. The van der Waals surface area contributed by atoms with E-state index in [9.17, 15) is 4.79 Å². The Hall–Kier alpha value is -4.22. The summed E-state index contributed by atoms with van der Waals surface area (Å²) in [5, 5.41) is 9.87. The predicted octanol–water partition coefficient (Wildman–Crippen LogP) is 7.08. The van der Waals surface area contributed by atoms with E-state index in [-0.39, 0.29) is 35.7 Å². The minimum Gasteiger partial charge on any atom is -0.481 e. The Morgan fingerprint density at radius 3 is 2.79 bits per heavy atom. The molecule has 0 fully saturated rings. The highest BCUT2D eigenvalue weighted by molar-refractivity contribution is 7.99. The van der Waals surface area contributed by atoms with Crippen molar-refractivity contribution in [2.24, 2.45) is 0 Å². The van der Waals surface area contributed by atoms with E-state index in [2.05, 4.69) is 9.97 Å². The van der Waals surface area contributed by atoms with Crippen molar-refractivity contribution in [1.82, 2.24) is 19.9 Å². The third-order valence-corrected chi connectivity index (χ3v) is 8.38. The molecule has 0 bridgehead atoms. The number of nitrogens with one attached hydrogen (secondary N) is 2. The first-order chi connectivity index (χ1) is 20.2. The van der Waals surface area contributed by atoms with Gasteiger partial charge in [-0.1, -0.05) is 18.2 Å². The summed E-state index contributed by atoms with van der Waals surface area (Å²) in [5.41, 5.74) is 2.78. The van der Waals surface area contributed by atoms with Crippen molar-refractivity contribution in [3.63, 3.8) is 0 Å². The number of carboxylic acid groups (broad SMARTS) is 1. The molecule has 1 unspecified atom stereocenters. The molecule has 3 heterocycles. The minimum atomic E-state index is -1.00. The zero-order chi connectivity index (χ0) is 29.5. The zero-order valence-electron chi connectivity index (χ0n) is 22.8. The number of aromatic nitrogens is 3. The molecule has 2 aromatic heterocycles. The predicted molar refractivity (Wildman–Crippen MR) is 155 cm³/mol. The third-order valence-electron chi connectivity index (χ3n) is 7.57. The molecule has 1 atom stereocenters. The molecule has 0 saturated heterocycles. The molecular weight excluding hydrogens is 565 g/mol. The van der Waals surface area contributed by atoms with E-state index in [4.69, 9.17) is 14.8 Å². The number of ether oxygens (including phenoxy) is 1. The number of halogens is 3. The van der Waals surface area contributed by atoms with Crippen LogP contribution in [0.5, 0.6) is 11.5 Å². The number of hydrogen-bond acceptors (Lipinski definition) is 5. The van der Waals surface area contributed by atoms with E-state index in [0.717, 1.165) is 11.1 Å². The van der Waals surface area contributed by atoms with Crippen molar-refractivity contribution in [2.75, 3.05) is 19.8 Å². The van der Waals surface area contributed by atoms with E-state index < -0.39 is 29.5 Å². The maximum absolute atomic E-state index is 15.6. The van der Waals surface area contributed by atoms with Gasteiger partial charge in [0.2, 0.25) is 0 Å². The van der Waals surface area contributed by atoms with Gasteiger partial charge in [0.15, 0.2) is 11.6 Å². The van der Waals surface area contributed by atoms with Crippen LogP contribution in [-0.4, -0.2) is 50.8 Å². The number of hydrogen-bond donors (Lipinski definition) is 3. The topological polar surface area (TPSA) is 94.2 Å². The fourth-order valence-corrected chi connectivity index (χ4v) is 6.23. The number of carboxylic acids is 1. The smallest absolute Gasteiger partial charge is 0.303 e. The summed E-state index contributed by atoms with van der Waals surface area (Å²) in [6, 6.07) is 11.7. The second-order valence-electron chi connectivity index (χ2n) is 10.2. The molecule has 1 aliphatic rings. The lowest BCUT2D eigenvalue weighted by Crippen LogP contribution is -2.33. The van der Waals surface area contributed by atoms with Gasteiger partial charge in [-0.25, -0.2) is 18.2 Å². The monoisotopic (exact) mass is 592 g/mol.